The molecule has 6 nitrogen and oxygen atoms in total. The monoisotopic (exact) mass is 443 g/mol. The molecular weight excluding hydrogens is 422 g/mol. The van der Waals surface area contributed by atoms with Gasteiger partial charge in [-0.3, -0.25) is 14.9 Å². The van der Waals surface area contributed by atoms with Gasteiger partial charge in [0.05, 0.1) is 9.82 Å². The Balaban J connectivity index is 1.86. The van der Waals surface area contributed by atoms with E-state index in [1.807, 2.05) is 63.2 Å². The van der Waals surface area contributed by atoms with Crippen LogP contribution in [0.25, 0.3) is 6.08 Å². The van der Waals surface area contributed by atoms with E-state index < -0.39 is 10.8 Å². The smallest absolute Gasteiger partial charge is 0.283 e. The zero-order valence-corrected chi connectivity index (χ0v) is 18.7. The highest BCUT2D eigenvalue weighted by atomic mass is 32.2. The number of hydrogen-bond donors (Lipinski definition) is 1. The van der Waals surface area contributed by atoms with Crippen LogP contribution in [0.15, 0.2) is 76.0 Å². The molecule has 0 radical (unpaired) electrons. The third-order valence-corrected chi connectivity index (χ3v) is 5.94. The number of amides is 1. The van der Waals surface area contributed by atoms with Crippen LogP contribution in [0.4, 0.5) is 11.4 Å². The Hall–Kier alpha value is -3.89. The van der Waals surface area contributed by atoms with E-state index in [2.05, 4.69) is 5.32 Å². The fourth-order valence-electron chi connectivity index (χ4n) is 2.92. The number of aryl methyl sites for hydroxylation is 3. The Labute approximate surface area is 190 Å². The number of nitriles is 1. The van der Waals surface area contributed by atoms with Crippen molar-refractivity contribution in [1.29, 1.82) is 5.26 Å². The van der Waals surface area contributed by atoms with Crippen LogP contribution < -0.4 is 5.32 Å². The number of anilines is 1. The lowest BCUT2D eigenvalue weighted by molar-refractivity contribution is -0.387. The average Bonchev–Trinajstić information content (AvgIpc) is 2.76. The van der Waals surface area contributed by atoms with Gasteiger partial charge in [0.1, 0.15) is 11.6 Å². The number of rotatable bonds is 6. The largest absolute Gasteiger partial charge is 0.321 e. The summed E-state index contributed by atoms with van der Waals surface area (Å²) in [5, 5.41) is 23.8. The summed E-state index contributed by atoms with van der Waals surface area (Å²) in [6.45, 7) is 5.87. The molecule has 3 aromatic carbocycles. The molecule has 7 heteroatoms. The number of nitro groups is 1. The molecule has 0 aliphatic heterocycles. The average molecular weight is 444 g/mol. The number of nitrogens with zero attached hydrogens (tertiary/aromatic N) is 2. The Bertz CT molecular complexity index is 1260. The van der Waals surface area contributed by atoms with E-state index in [0.29, 0.717) is 16.1 Å². The van der Waals surface area contributed by atoms with Gasteiger partial charge in [0.2, 0.25) is 0 Å². The molecule has 3 aromatic rings. The third kappa shape index (κ3) is 5.62. The first-order valence-electron chi connectivity index (χ1n) is 9.80. The lowest BCUT2D eigenvalue weighted by Crippen LogP contribution is -2.13. The lowest BCUT2D eigenvalue weighted by atomic mass is 10.1. The summed E-state index contributed by atoms with van der Waals surface area (Å²) in [4.78, 5) is 25.1. The minimum atomic E-state index is -0.573. The zero-order valence-electron chi connectivity index (χ0n) is 17.9. The molecule has 0 aliphatic carbocycles. The maximum absolute atomic E-state index is 12.6. The molecule has 32 heavy (non-hydrogen) atoms. The highest BCUT2D eigenvalue weighted by molar-refractivity contribution is 7.99. The quantitative estimate of drug-likeness (QED) is 0.211. The predicted octanol–water partition coefficient (Wildman–Crippen LogP) is 6.22. The molecular formula is C25H21N3O3S. The maximum atomic E-state index is 12.6. The normalized spacial score (nSPS) is 11.0. The summed E-state index contributed by atoms with van der Waals surface area (Å²) in [5.41, 5.74) is 3.96. The highest BCUT2D eigenvalue weighted by Gasteiger charge is 2.17. The molecule has 160 valence electrons. The van der Waals surface area contributed by atoms with Crippen LogP contribution in [0.3, 0.4) is 0 Å². The molecule has 0 spiro atoms. The van der Waals surface area contributed by atoms with Crippen molar-refractivity contribution in [2.45, 2.75) is 30.6 Å². The van der Waals surface area contributed by atoms with Crippen molar-refractivity contribution < 1.29 is 9.72 Å². The minimum absolute atomic E-state index is 0.0869. The second-order valence-electron chi connectivity index (χ2n) is 7.32. The summed E-state index contributed by atoms with van der Waals surface area (Å²) in [7, 11) is 0. The summed E-state index contributed by atoms with van der Waals surface area (Å²) in [5.74, 6) is -0.573. The Morgan fingerprint density at radius 2 is 1.75 bits per heavy atom. The SMILES string of the molecule is Cc1ccc(Sc2ccc(/C=C(/C#N)C(=O)Nc3ccc(C)c(C)c3)cc2[N+](=O)[O-])cc1. The van der Waals surface area contributed by atoms with Crippen molar-refractivity contribution in [3.8, 4) is 6.07 Å². The predicted molar refractivity (Wildman–Crippen MR) is 127 cm³/mol. The Morgan fingerprint density at radius 3 is 2.38 bits per heavy atom. The standard InChI is InChI=1S/C25H21N3O3S/c1-16-4-9-22(10-5-16)32-24-11-7-19(14-23(24)28(30)31)13-20(15-26)25(29)27-21-8-6-17(2)18(3)12-21/h4-14H,1-3H3,(H,27,29)/b20-13-. The number of hydrogen-bond acceptors (Lipinski definition) is 5. The third-order valence-electron chi connectivity index (χ3n) is 4.87. The van der Waals surface area contributed by atoms with Crippen LogP contribution in [-0.4, -0.2) is 10.8 Å². The van der Waals surface area contributed by atoms with Gasteiger partial charge in [0.25, 0.3) is 11.6 Å². The highest BCUT2D eigenvalue weighted by Crippen LogP contribution is 2.35. The van der Waals surface area contributed by atoms with Crippen LogP contribution in [0, 0.1) is 42.2 Å². The van der Waals surface area contributed by atoms with Crippen molar-refractivity contribution in [3.63, 3.8) is 0 Å². The summed E-state index contributed by atoms with van der Waals surface area (Å²) in [6, 6.07) is 19.7. The van der Waals surface area contributed by atoms with Gasteiger partial charge in [-0.1, -0.05) is 41.6 Å². The van der Waals surface area contributed by atoms with E-state index in [1.54, 1.807) is 18.2 Å². The number of benzene rings is 3. The molecule has 1 amide bonds. The topological polar surface area (TPSA) is 96.0 Å². The van der Waals surface area contributed by atoms with Crippen molar-refractivity contribution in [2.24, 2.45) is 0 Å². The summed E-state index contributed by atoms with van der Waals surface area (Å²) >= 11 is 1.29. The molecule has 0 heterocycles. The second kappa shape index (κ2) is 9.94. The molecule has 0 atom stereocenters. The van der Waals surface area contributed by atoms with Crippen LogP contribution in [0.5, 0.6) is 0 Å². The van der Waals surface area contributed by atoms with Gasteiger partial charge in [-0.2, -0.15) is 5.26 Å². The molecule has 1 N–H and O–H groups in total. The number of nitrogens with one attached hydrogen (secondary N) is 1. The van der Waals surface area contributed by atoms with Gasteiger partial charge in [0.15, 0.2) is 0 Å². The van der Waals surface area contributed by atoms with E-state index in [0.717, 1.165) is 21.6 Å². The fraction of sp³-hybridized carbons (Fsp3) is 0.120. The fourth-order valence-corrected chi connectivity index (χ4v) is 3.82. The summed E-state index contributed by atoms with van der Waals surface area (Å²) in [6.07, 6.45) is 1.35. The zero-order chi connectivity index (χ0) is 23.3. The molecule has 0 saturated heterocycles. The van der Waals surface area contributed by atoms with Gasteiger partial charge in [-0.05, 0) is 73.9 Å². The van der Waals surface area contributed by atoms with Crippen LogP contribution in [0.1, 0.15) is 22.3 Å². The van der Waals surface area contributed by atoms with Gasteiger partial charge >= 0.3 is 0 Å². The van der Waals surface area contributed by atoms with Crippen LogP contribution in [-0.2, 0) is 4.79 Å². The van der Waals surface area contributed by atoms with Gasteiger partial charge in [-0.25, -0.2) is 0 Å². The van der Waals surface area contributed by atoms with Crippen molar-refractivity contribution >= 4 is 35.1 Å². The molecule has 0 bridgehead atoms. The molecule has 0 aromatic heterocycles. The first-order chi connectivity index (χ1) is 15.3. The number of carbonyl (C=O) groups is 1. The lowest BCUT2D eigenvalue weighted by Gasteiger charge is -2.07. The van der Waals surface area contributed by atoms with E-state index in [9.17, 15) is 20.2 Å². The Kier molecular flexibility index (Phi) is 7.08. The second-order valence-corrected chi connectivity index (χ2v) is 8.44. The van der Waals surface area contributed by atoms with Crippen LogP contribution >= 0.6 is 11.8 Å². The van der Waals surface area contributed by atoms with Crippen molar-refractivity contribution in [3.05, 3.63) is 98.6 Å². The molecule has 0 aliphatic rings. The van der Waals surface area contributed by atoms with Crippen molar-refractivity contribution in [2.75, 3.05) is 5.32 Å². The van der Waals surface area contributed by atoms with Crippen LogP contribution in [0.2, 0.25) is 0 Å². The number of carbonyl (C=O) groups excluding carboxylic acids is 1. The maximum Gasteiger partial charge on any atom is 0.283 e. The van der Waals surface area contributed by atoms with E-state index in [4.69, 9.17) is 0 Å². The van der Waals surface area contributed by atoms with Gasteiger partial charge in [-0.15, -0.1) is 0 Å². The molecule has 3 rings (SSSR count). The van der Waals surface area contributed by atoms with Gasteiger partial charge < -0.3 is 5.32 Å². The van der Waals surface area contributed by atoms with Crippen molar-refractivity contribution in [1.82, 2.24) is 0 Å². The molecule has 0 fully saturated rings. The first-order valence-corrected chi connectivity index (χ1v) is 10.6. The number of nitro benzene ring substituents is 1. The van der Waals surface area contributed by atoms with E-state index in [1.165, 1.54) is 23.9 Å². The first kappa shape index (κ1) is 22.8. The minimum Gasteiger partial charge on any atom is -0.321 e. The van der Waals surface area contributed by atoms with E-state index >= 15 is 0 Å². The van der Waals surface area contributed by atoms with Gasteiger partial charge in [0, 0.05) is 16.6 Å². The molecule has 0 unspecified atom stereocenters. The Morgan fingerprint density at radius 1 is 1.03 bits per heavy atom. The summed E-state index contributed by atoms with van der Waals surface area (Å²) < 4.78 is 0. The van der Waals surface area contributed by atoms with E-state index in [-0.39, 0.29) is 11.3 Å². The molecule has 0 saturated carbocycles.